The van der Waals surface area contributed by atoms with Crippen molar-refractivity contribution in [1.29, 1.82) is 0 Å². The molecule has 9 heteroatoms. The van der Waals surface area contributed by atoms with Gasteiger partial charge in [-0.25, -0.2) is 8.42 Å². The lowest BCUT2D eigenvalue weighted by atomic mass is 9.91. The number of piperidine rings is 1. The molecule has 2 atom stereocenters. The van der Waals surface area contributed by atoms with Crippen LogP contribution in [0.25, 0.3) is 5.57 Å². The van der Waals surface area contributed by atoms with Gasteiger partial charge in [-0.2, -0.15) is 13.2 Å². The van der Waals surface area contributed by atoms with E-state index in [1.54, 1.807) is 0 Å². The Labute approximate surface area is 194 Å². The van der Waals surface area contributed by atoms with Gasteiger partial charge in [0.2, 0.25) is 0 Å². The average molecular weight is 487 g/mol. The van der Waals surface area contributed by atoms with Crippen molar-refractivity contribution in [2.24, 2.45) is 11.3 Å². The number of rotatable bonds is 7. The molecule has 1 saturated heterocycles. The number of hydrogen-bond donors (Lipinski definition) is 1. The molecular formula is C24H33F3N2O3S. The van der Waals surface area contributed by atoms with Gasteiger partial charge in [-0.1, -0.05) is 18.2 Å². The van der Waals surface area contributed by atoms with Crippen LogP contribution in [0.4, 0.5) is 13.2 Å². The highest BCUT2D eigenvalue weighted by Crippen LogP contribution is 2.58. The molecule has 0 spiro atoms. The molecule has 1 aromatic rings. The van der Waals surface area contributed by atoms with Crippen LogP contribution in [0, 0.1) is 11.3 Å². The summed E-state index contributed by atoms with van der Waals surface area (Å²) in [5.74, 6) is 1.01. The summed E-state index contributed by atoms with van der Waals surface area (Å²) in [6.45, 7) is 4.53. The van der Waals surface area contributed by atoms with E-state index < -0.39 is 26.7 Å². The Kier molecular flexibility index (Phi) is 6.86. The highest BCUT2D eigenvalue weighted by molar-refractivity contribution is 7.91. The van der Waals surface area contributed by atoms with E-state index >= 15 is 0 Å². The predicted octanol–water partition coefficient (Wildman–Crippen LogP) is 3.91. The zero-order valence-electron chi connectivity index (χ0n) is 19.2. The maximum absolute atomic E-state index is 13.2. The first kappa shape index (κ1) is 24.5. The van der Waals surface area contributed by atoms with E-state index in [4.69, 9.17) is 4.74 Å². The van der Waals surface area contributed by atoms with Crippen LogP contribution in [0.3, 0.4) is 0 Å². The van der Waals surface area contributed by atoms with Gasteiger partial charge >= 0.3 is 6.18 Å². The topological polar surface area (TPSA) is 58.6 Å². The first-order chi connectivity index (χ1) is 15.5. The van der Waals surface area contributed by atoms with Crippen LogP contribution >= 0.6 is 0 Å². The lowest BCUT2D eigenvalue weighted by Gasteiger charge is -2.37. The van der Waals surface area contributed by atoms with Crippen molar-refractivity contribution < 1.29 is 26.3 Å². The second kappa shape index (κ2) is 9.23. The average Bonchev–Trinajstić information content (AvgIpc) is 3.55. The minimum Gasteiger partial charge on any atom is -0.490 e. The van der Waals surface area contributed by atoms with Crippen molar-refractivity contribution >= 4 is 15.4 Å². The minimum absolute atomic E-state index is 0.0441. The zero-order chi connectivity index (χ0) is 23.9. The summed E-state index contributed by atoms with van der Waals surface area (Å²) in [6.07, 6.45) is 1.19. The number of nitrogens with one attached hydrogen (secondary N) is 1. The molecule has 1 N–H and O–H groups in total. The number of alkyl halides is 3. The summed E-state index contributed by atoms with van der Waals surface area (Å²) >= 11 is 0. The number of hydrogen-bond acceptors (Lipinski definition) is 5. The Morgan fingerprint density at radius 2 is 1.82 bits per heavy atom. The molecule has 0 radical (unpaired) electrons. The first-order valence-electron chi connectivity index (χ1n) is 11.6. The van der Waals surface area contributed by atoms with Crippen molar-refractivity contribution in [3.05, 3.63) is 35.9 Å². The highest BCUT2D eigenvalue weighted by atomic mass is 32.2. The van der Waals surface area contributed by atoms with Crippen LogP contribution < -0.4 is 10.1 Å². The Morgan fingerprint density at radius 3 is 2.36 bits per heavy atom. The predicted molar refractivity (Wildman–Crippen MR) is 123 cm³/mol. The van der Waals surface area contributed by atoms with Crippen molar-refractivity contribution in [2.75, 3.05) is 39.0 Å². The lowest BCUT2D eigenvalue weighted by molar-refractivity contribution is -0.192. The quantitative estimate of drug-likeness (QED) is 0.634. The molecule has 2 unspecified atom stereocenters. The van der Waals surface area contributed by atoms with Gasteiger partial charge in [-0.15, -0.1) is 0 Å². The fraction of sp³-hybridized carbons (Fsp3) is 0.667. The Balaban J connectivity index is 1.31. The Morgan fingerprint density at radius 1 is 1.18 bits per heavy atom. The third kappa shape index (κ3) is 5.57. The van der Waals surface area contributed by atoms with Crippen molar-refractivity contribution in [3.8, 4) is 5.75 Å². The Bertz CT molecular complexity index is 964. The van der Waals surface area contributed by atoms with Crippen LogP contribution in [0.5, 0.6) is 5.75 Å². The van der Waals surface area contributed by atoms with E-state index in [9.17, 15) is 21.6 Å². The van der Waals surface area contributed by atoms with E-state index in [2.05, 4.69) is 5.32 Å². The van der Waals surface area contributed by atoms with Gasteiger partial charge in [0.25, 0.3) is 0 Å². The van der Waals surface area contributed by atoms with E-state index in [0.717, 1.165) is 24.0 Å². The molecule has 4 rings (SSSR count). The molecule has 33 heavy (non-hydrogen) atoms. The summed E-state index contributed by atoms with van der Waals surface area (Å²) in [6, 6.07) is 7.52. The van der Waals surface area contributed by atoms with Crippen LogP contribution in [0.2, 0.25) is 0 Å². The highest BCUT2D eigenvalue weighted by Gasteiger charge is 2.63. The van der Waals surface area contributed by atoms with Crippen LogP contribution in [0.15, 0.2) is 30.3 Å². The van der Waals surface area contributed by atoms with Crippen LogP contribution in [0.1, 0.15) is 38.2 Å². The lowest BCUT2D eigenvalue weighted by Crippen LogP contribution is -2.44. The number of ether oxygens (including phenoxy) is 1. The van der Waals surface area contributed by atoms with Gasteiger partial charge in [0.05, 0.1) is 16.8 Å². The maximum atomic E-state index is 13.2. The molecule has 1 saturated carbocycles. The monoisotopic (exact) mass is 486 g/mol. The van der Waals surface area contributed by atoms with E-state index in [1.807, 2.05) is 42.2 Å². The molecule has 0 aromatic heterocycles. The fourth-order valence-corrected chi connectivity index (χ4v) is 6.17. The third-order valence-corrected chi connectivity index (χ3v) is 8.90. The third-order valence-electron chi connectivity index (χ3n) is 7.45. The largest absolute Gasteiger partial charge is 0.490 e. The first-order valence-corrected chi connectivity index (χ1v) is 13.6. The van der Waals surface area contributed by atoms with Gasteiger partial charge in [0.15, 0.2) is 9.84 Å². The zero-order valence-corrected chi connectivity index (χ0v) is 20.0. The van der Waals surface area contributed by atoms with E-state index in [0.29, 0.717) is 37.8 Å². The number of halogens is 3. The normalized spacial score (nSPS) is 25.4. The molecule has 2 heterocycles. The van der Waals surface area contributed by atoms with Gasteiger partial charge in [-0.3, -0.25) is 0 Å². The summed E-state index contributed by atoms with van der Waals surface area (Å²) in [4.78, 5) is 1.96. The van der Waals surface area contributed by atoms with Gasteiger partial charge in [0, 0.05) is 25.9 Å². The molecule has 3 aliphatic rings. The standard InChI is InChI=1S/C24H33F3N2O3S/c1-17(18-8-13-29(14-9-18)16-23(10-11-23)24(25,26)27)32-20-5-3-19(4-6-20)21-7-12-28-15-22(21)33(2,30)31/h3-7,17-18,22,28H,8-16H2,1-2H3. The second-order valence-corrected chi connectivity index (χ2v) is 12.1. The number of nitrogens with zero attached hydrogens (tertiary/aromatic N) is 1. The molecule has 0 amide bonds. The van der Waals surface area contributed by atoms with E-state index in [-0.39, 0.29) is 25.5 Å². The van der Waals surface area contributed by atoms with Crippen LogP contribution in [-0.2, 0) is 9.84 Å². The molecule has 1 aromatic carbocycles. The smallest absolute Gasteiger partial charge is 0.395 e. The van der Waals surface area contributed by atoms with Crippen molar-refractivity contribution in [2.45, 2.75) is 50.1 Å². The van der Waals surface area contributed by atoms with Gasteiger partial charge in [0.1, 0.15) is 5.75 Å². The van der Waals surface area contributed by atoms with E-state index in [1.165, 1.54) is 6.26 Å². The van der Waals surface area contributed by atoms with Crippen molar-refractivity contribution in [1.82, 2.24) is 10.2 Å². The molecule has 184 valence electrons. The summed E-state index contributed by atoms with van der Waals surface area (Å²) in [7, 11) is -3.22. The maximum Gasteiger partial charge on any atom is 0.395 e. The number of likely N-dealkylation sites (tertiary alicyclic amines) is 1. The number of benzene rings is 1. The molecule has 1 aliphatic carbocycles. The molecule has 2 fully saturated rings. The van der Waals surface area contributed by atoms with Gasteiger partial charge in [-0.05, 0) is 74.9 Å². The minimum atomic E-state index is -4.10. The summed E-state index contributed by atoms with van der Waals surface area (Å²) in [5.41, 5.74) is 0.221. The van der Waals surface area contributed by atoms with Crippen LogP contribution in [-0.4, -0.2) is 69.8 Å². The van der Waals surface area contributed by atoms with Gasteiger partial charge < -0.3 is 15.0 Å². The number of sulfone groups is 1. The summed E-state index contributed by atoms with van der Waals surface area (Å²) in [5, 5.41) is 2.54. The molecule has 2 aliphatic heterocycles. The molecule has 5 nitrogen and oxygen atoms in total. The molecule has 0 bridgehead atoms. The fourth-order valence-electron chi connectivity index (χ4n) is 5.05. The second-order valence-electron chi connectivity index (χ2n) is 9.87. The summed E-state index contributed by atoms with van der Waals surface area (Å²) < 4.78 is 70.2. The molecular weight excluding hydrogens is 453 g/mol. The SMILES string of the molecule is CC(Oc1ccc(C2=CCNCC2S(C)(=O)=O)cc1)C1CCN(CC2(C(F)(F)F)CC2)CC1. The Hall–Kier alpha value is -1.58. The van der Waals surface area contributed by atoms with Crippen molar-refractivity contribution in [3.63, 3.8) is 0 Å².